The summed E-state index contributed by atoms with van der Waals surface area (Å²) in [6.45, 7) is 5.07. The molecule has 0 atom stereocenters. The summed E-state index contributed by atoms with van der Waals surface area (Å²) in [5.41, 5.74) is 2.20. The highest BCUT2D eigenvalue weighted by Crippen LogP contribution is 2.30. The van der Waals surface area contributed by atoms with Crippen molar-refractivity contribution < 1.29 is 50.1 Å². The number of aromatic nitrogens is 4. The van der Waals surface area contributed by atoms with Crippen LogP contribution in [0.5, 0.6) is 17.2 Å². The number of nitrogens with zero attached hydrogens (tertiary/aromatic N) is 6. The molecule has 2 fully saturated rings. The molecule has 0 aliphatic carbocycles. The average Bonchev–Trinajstić information content (AvgIpc) is 3.89. The first-order valence-electron chi connectivity index (χ1n) is 22.1. The normalized spacial score (nSPS) is 14.9. The van der Waals surface area contributed by atoms with Crippen molar-refractivity contribution in [1.29, 1.82) is 0 Å². The van der Waals surface area contributed by atoms with Gasteiger partial charge in [-0.1, -0.05) is 72.8 Å². The molecule has 0 N–H and O–H groups in total. The standard InChI is InChI=1S/C25H26F3N3O3.C25H26F3N3O2/c1-18-15-23(25(26,27)28)29-31(18)16-24(32)30-13-11-22(12-14-30)34-21-9-7-20(8-10-21)33-17-19-5-3-2-4-6-19;1-18-15-23(25(26,27)28)29-31(18)17-24(32)30-13-11-22(12-14-30)33-21-9-7-20(8-10-21)16-19-5-3-2-4-6-19/h2-10,15,22H,11-14,16-17H2,1H3;2-10,15,22H,11-14,16-17H2,1H3. The second-order valence-electron chi connectivity index (χ2n) is 16.6. The van der Waals surface area contributed by atoms with Gasteiger partial charge in [0.05, 0.1) is 0 Å². The lowest BCUT2D eigenvalue weighted by molar-refractivity contribution is -0.142. The summed E-state index contributed by atoms with van der Waals surface area (Å²) in [5.74, 6) is 1.78. The summed E-state index contributed by atoms with van der Waals surface area (Å²) in [7, 11) is 0. The van der Waals surface area contributed by atoms with E-state index in [1.807, 2.05) is 84.9 Å². The van der Waals surface area contributed by atoms with Gasteiger partial charge in [-0.25, -0.2) is 0 Å². The molecule has 0 saturated carbocycles. The molecule has 0 bridgehead atoms. The van der Waals surface area contributed by atoms with Crippen molar-refractivity contribution in [2.75, 3.05) is 26.2 Å². The lowest BCUT2D eigenvalue weighted by Crippen LogP contribution is -2.43. The number of hydrogen-bond donors (Lipinski definition) is 0. The van der Waals surface area contributed by atoms with Gasteiger partial charge in [-0.05, 0) is 85.5 Å². The fourth-order valence-electron chi connectivity index (χ4n) is 7.78. The van der Waals surface area contributed by atoms with E-state index in [1.165, 1.54) is 25.0 Å². The van der Waals surface area contributed by atoms with E-state index in [0.29, 0.717) is 69.9 Å². The zero-order chi connectivity index (χ0) is 47.6. The van der Waals surface area contributed by atoms with E-state index in [0.717, 1.165) is 50.7 Å². The van der Waals surface area contributed by atoms with Crippen molar-refractivity contribution >= 4 is 11.8 Å². The number of carbonyl (C=O) groups is 2. The molecule has 0 unspecified atom stereocenters. The van der Waals surface area contributed by atoms with Crippen LogP contribution in [0.25, 0.3) is 0 Å². The van der Waals surface area contributed by atoms with Crippen LogP contribution in [0.2, 0.25) is 0 Å². The van der Waals surface area contributed by atoms with E-state index in [2.05, 4.69) is 34.5 Å². The highest BCUT2D eigenvalue weighted by atomic mass is 19.4. The molecule has 4 heterocycles. The fourth-order valence-corrected chi connectivity index (χ4v) is 7.78. The SMILES string of the molecule is Cc1cc(C(F)(F)F)nn1CC(=O)N1CCC(Oc2ccc(Cc3ccccc3)cc2)CC1.Cc1cc(C(F)(F)F)nn1CC(=O)N1CCC(Oc2ccc(OCc3ccccc3)cc2)CC1. The lowest BCUT2D eigenvalue weighted by atomic mass is 10.0. The van der Waals surface area contributed by atoms with Crippen LogP contribution < -0.4 is 14.2 Å². The number of aryl methyl sites for hydroxylation is 2. The van der Waals surface area contributed by atoms with Gasteiger partial charge in [-0.15, -0.1) is 0 Å². The summed E-state index contributed by atoms with van der Waals surface area (Å²) < 4.78 is 97.1. The van der Waals surface area contributed by atoms with Crippen molar-refractivity contribution in [3.05, 3.63) is 161 Å². The van der Waals surface area contributed by atoms with Crippen LogP contribution in [-0.2, 0) is 48.1 Å². The minimum Gasteiger partial charge on any atom is -0.490 e. The van der Waals surface area contributed by atoms with Crippen LogP contribution in [0.4, 0.5) is 26.3 Å². The minimum atomic E-state index is -4.53. The van der Waals surface area contributed by atoms with Crippen molar-refractivity contribution in [3.8, 4) is 17.2 Å². The first-order chi connectivity index (χ1) is 32.1. The number of piperidine rings is 2. The molecule has 11 nitrogen and oxygen atoms in total. The lowest BCUT2D eigenvalue weighted by Gasteiger charge is -2.32. The van der Waals surface area contributed by atoms with Crippen LogP contribution in [0.1, 0.15) is 65.1 Å². The molecule has 0 spiro atoms. The maximum atomic E-state index is 12.8. The number of benzene rings is 4. The van der Waals surface area contributed by atoms with Gasteiger partial charge in [-0.2, -0.15) is 36.5 Å². The number of rotatable bonds is 13. The highest BCUT2D eigenvalue weighted by molar-refractivity contribution is 5.76. The number of halogens is 6. The first-order valence-corrected chi connectivity index (χ1v) is 22.1. The van der Waals surface area contributed by atoms with Gasteiger partial charge < -0.3 is 24.0 Å². The summed E-state index contributed by atoms with van der Waals surface area (Å²) in [6, 6.07) is 37.6. The predicted molar refractivity (Wildman–Crippen MR) is 237 cm³/mol. The Balaban J connectivity index is 0.000000199. The van der Waals surface area contributed by atoms with Crippen LogP contribution in [-0.4, -0.2) is 79.6 Å². The number of likely N-dealkylation sites (tertiary alicyclic amines) is 2. The van der Waals surface area contributed by atoms with Gasteiger partial charge in [0.15, 0.2) is 11.4 Å². The molecule has 0 radical (unpaired) electrons. The van der Waals surface area contributed by atoms with Crippen LogP contribution in [0.3, 0.4) is 0 Å². The number of ether oxygens (including phenoxy) is 3. The topological polar surface area (TPSA) is 104 Å². The third-order valence-electron chi connectivity index (χ3n) is 11.6. The number of amides is 2. The summed E-state index contributed by atoms with van der Waals surface area (Å²) >= 11 is 0. The molecule has 4 aromatic carbocycles. The molecule has 354 valence electrons. The zero-order valence-corrected chi connectivity index (χ0v) is 37.2. The Morgan fingerprint density at radius 2 is 0.910 bits per heavy atom. The molecule has 2 saturated heterocycles. The van der Waals surface area contributed by atoms with Gasteiger partial charge in [0.1, 0.15) is 49.2 Å². The van der Waals surface area contributed by atoms with E-state index in [1.54, 1.807) is 9.80 Å². The molecule has 6 aromatic rings. The molecular weight excluding hydrogens is 879 g/mol. The van der Waals surface area contributed by atoms with Crippen LogP contribution >= 0.6 is 0 Å². The Kier molecular flexibility index (Phi) is 15.6. The van der Waals surface area contributed by atoms with E-state index < -0.39 is 23.7 Å². The Morgan fingerprint density at radius 3 is 1.31 bits per heavy atom. The number of carbonyl (C=O) groups excluding carboxylic acids is 2. The maximum absolute atomic E-state index is 12.8. The Labute approximate surface area is 384 Å². The predicted octanol–water partition coefficient (Wildman–Crippen LogP) is 9.73. The molecular formula is C50H52F6N6O5. The molecule has 2 aromatic heterocycles. The summed E-state index contributed by atoms with van der Waals surface area (Å²) in [6.07, 6.45) is -5.60. The summed E-state index contributed by atoms with van der Waals surface area (Å²) in [5, 5.41) is 7.07. The van der Waals surface area contributed by atoms with Gasteiger partial charge in [0.25, 0.3) is 0 Å². The van der Waals surface area contributed by atoms with Crippen molar-refractivity contribution in [1.82, 2.24) is 29.4 Å². The second-order valence-corrected chi connectivity index (χ2v) is 16.6. The maximum Gasteiger partial charge on any atom is 0.435 e. The zero-order valence-electron chi connectivity index (χ0n) is 37.2. The first kappa shape index (κ1) is 48.2. The van der Waals surface area contributed by atoms with E-state index >= 15 is 0 Å². The number of alkyl halides is 6. The number of hydrogen-bond acceptors (Lipinski definition) is 7. The van der Waals surface area contributed by atoms with Gasteiger partial charge in [0, 0.05) is 63.3 Å². The minimum absolute atomic E-state index is 0.00250. The van der Waals surface area contributed by atoms with Crippen LogP contribution in [0, 0.1) is 13.8 Å². The third-order valence-corrected chi connectivity index (χ3v) is 11.6. The summed E-state index contributed by atoms with van der Waals surface area (Å²) in [4.78, 5) is 28.5. The monoisotopic (exact) mass is 930 g/mol. The second kappa shape index (κ2) is 21.7. The van der Waals surface area contributed by atoms with Crippen molar-refractivity contribution in [2.45, 2.75) is 90.2 Å². The quantitative estimate of drug-likeness (QED) is 0.106. The van der Waals surface area contributed by atoms with Crippen molar-refractivity contribution in [2.24, 2.45) is 0 Å². The average molecular weight is 931 g/mol. The van der Waals surface area contributed by atoms with Gasteiger partial charge >= 0.3 is 12.4 Å². The Morgan fingerprint density at radius 1 is 0.537 bits per heavy atom. The smallest absolute Gasteiger partial charge is 0.435 e. The van der Waals surface area contributed by atoms with Gasteiger partial charge in [-0.3, -0.25) is 19.0 Å². The molecule has 2 aliphatic rings. The largest absolute Gasteiger partial charge is 0.490 e. The molecule has 8 rings (SSSR count). The molecule has 17 heteroatoms. The van der Waals surface area contributed by atoms with Gasteiger partial charge in [0.2, 0.25) is 11.8 Å². The van der Waals surface area contributed by atoms with Crippen molar-refractivity contribution in [3.63, 3.8) is 0 Å². The molecule has 67 heavy (non-hydrogen) atoms. The molecule has 2 amide bonds. The highest BCUT2D eigenvalue weighted by Gasteiger charge is 2.36. The molecule has 2 aliphatic heterocycles. The third kappa shape index (κ3) is 13.9. The van der Waals surface area contributed by atoms with E-state index in [9.17, 15) is 35.9 Å². The Hall–Kier alpha value is -6.78. The fraction of sp³-hybridized carbons (Fsp3) is 0.360. The Bertz CT molecular complexity index is 2510. The van der Waals surface area contributed by atoms with Crippen LogP contribution in [0.15, 0.2) is 121 Å². The van der Waals surface area contributed by atoms with E-state index in [-0.39, 0.29) is 37.1 Å². The van der Waals surface area contributed by atoms with E-state index in [4.69, 9.17) is 14.2 Å².